The van der Waals surface area contributed by atoms with E-state index in [0.29, 0.717) is 0 Å². The Morgan fingerprint density at radius 1 is 1.41 bits per heavy atom. The lowest BCUT2D eigenvalue weighted by Gasteiger charge is -2.37. The summed E-state index contributed by atoms with van der Waals surface area (Å²) in [7, 11) is -1.86. The van der Waals surface area contributed by atoms with E-state index in [2.05, 4.69) is 5.32 Å². The number of hydrogen-bond acceptors (Lipinski definition) is 4. The Morgan fingerprint density at radius 3 is 2.64 bits per heavy atom. The van der Waals surface area contributed by atoms with E-state index in [0.717, 1.165) is 6.07 Å². The number of nitrogens with one attached hydrogen (secondary N) is 1. The van der Waals surface area contributed by atoms with Crippen LogP contribution >= 0.6 is 0 Å². The van der Waals surface area contributed by atoms with Gasteiger partial charge in [0.2, 0.25) is 0 Å². The Hall–Kier alpha value is -1.83. The minimum atomic E-state index is -3.21. The van der Waals surface area contributed by atoms with Crippen molar-refractivity contribution < 1.29 is 22.3 Å². The number of hydrogen-bond donors (Lipinski definition) is 1. The molecule has 1 saturated heterocycles. The molecule has 0 bridgehead atoms. The highest BCUT2D eigenvalue weighted by Gasteiger charge is 2.41. The SMILES string of the molecule is COc1ccc(NC(=O)N2CCS(=O)(=O)C(C)(C)C2)cc1F. The normalized spacial score (nSPS) is 19.5. The highest BCUT2D eigenvalue weighted by atomic mass is 32.2. The average Bonchev–Trinajstić information content (AvgIpc) is 2.42. The van der Waals surface area contributed by atoms with Crippen molar-refractivity contribution in [1.82, 2.24) is 4.90 Å². The van der Waals surface area contributed by atoms with E-state index < -0.39 is 26.4 Å². The van der Waals surface area contributed by atoms with Gasteiger partial charge in [0, 0.05) is 24.8 Å². The third kappa shape index (κ3) is 3.16. The number of halogens is 1. The minimum Gasteiger partial charge on any atom is -0.494 e. The summed E-state index contributed by atoms with van der Waals surface area (Å²) in [5.41, 5.74) is 0.287. The molecular formula is C14H19FN2O4S. The topological polar surface area (TPSA) is 75.7 Å². The number of methoxy groups -OCH3 is 1. The summed E-state index contributed by atoms with van der Waals surface area (Å²) in [6.45, 7) is 3.40. The first kappa shape index (κ1) is 16.5. The second-order valence-corrected chi connectivity index (χ2v) is 8.52. The van der Waals surface area contributed by atoms with Crippen molar-refractivity contribution in [1.29, 1.82) is 0 Å². The Bertz CT molecular complexity index is 688. The molecule has 1 fully saturated rings. The summed E-state index contributed by atoms with van der Waals surface area (Å²) in [5.74, 6) is -0.574. The van der Waals surface area contributed by atoms with Crippen molar-refractivity contribution in [2.75, 3.05) is 31.3 Å². The average molecular weight is 330 g/mol. The van der Waals surface area contributed by atoms with E-state index in [4.69, 9.17) is 4.74 Å². The molecule has 0 spiro atoms. The molecule has 1 N–H and O–H groups in total. The number of anilines is 1. The maximum absolute atomic E-state index is 13.6. The van der Waals surface area contributed by atoms with Gasteiger partial charge in [0.1, 0.15) is 0 Å². The van der Waals surface area contributed by atoms with Crippen LogP contribution in [0, 0.1) is 5.82 Å². The standard InChI is InChI=1S/C14H19FN2O4S/c1-14(2)9-17(6-7-22(14,19)20)13(18)16-10-4-5-12(21-3)11(15)8-10/h4-5,8H,6-7,9H2,1-3H3,(H,16,18). The lowest BCUT2D eigenvalue weighted by molar-refractivity contribution is 0.206. The van der Waals surface area contributed by atoms with Gasteiger partial charge >= 0.3 is 6.03 Å². The van der Waals surface area contributed by atoms with Crippen molar-refractivity contribution >= 4 is 21.6 Å². The van der Waals surface area contributed by atoms with Crippen LogP contribution in [0.3, 0.4) is 0 Å². The van der Waals surface area contributed by atoms with Crippen LogP contribution in [0.25, 0.3) is 0 Å². The van der Waals surface area contributed by atoms with Crippen LogP contribution in [0.5, 0.6) is 5.75 Å². The summed E-state index contributed by atoms with van der Waals surface area (Å²) in [5, 5.41) is 2.57. The first-order valence-corrected chi connectivity index (χ1v) is 8.43. The third-order valence-corrected chi connectivity index (χ3v) is 6.27. The highest BCUT2D eigenvalue weighted by molar-refractivity contribution is 7.92. The van der Waals surface area contributed by atoms with E-state index in [1.165, 1.54) is 24.1 Å². The van der Waals surface area contributed by atoms with Crippen LogP contribution in [0.15, 0.2) is 18.2 Å². The largest absolute Gasteiger partial charge is 0.494 e. The van der Waals surface area contributed by atoms with Crippen LogP contribution in [-0.2, 0) is 9.84 Å². The summed E-state index contributed by atoms with van der Waals surface area (Å²) >= 11 is 0. The zero-order valence-corrected chi connectivity index (χ0v) is 13.5. The van der Waals surface area contributed by atoms with Crippen molar-refractivity contribution in [3.63, 3.8) is 0 Å². The number of amides is 2. The van der Waals surface area contributed by atoms with E-state index in [1.807, 2.05) is 0 Å². The summed E-state index contributed by atoms with van der Waals surface area (Å²) in [6.07, 6.45) is 0. The van der Waals surface area contributed by atoms with Gasteiger partial charge < -0.3 is 15.0 Å². The molecule has 2 amide bonds. The highest BCUT2D eigenvalue weighted by Crippen LogP contribution is 2.25. The van der Waals surface area contributed by atoms with Gasteiger partial charge in [-0.1, -0.05) is 0 Å². The molecule has 0 saturated carbocycles. The summed E-state index contributed by atoms with van der Waals surface area (Å²) < 4.78 is 41.3. The maximum Gasteiger partial charge on any atom is 0.321 e. The Kier molecular flexibility index (Phi) is 4.32. The molecule has 0 atom stereocenters. The number of nitrogens with zero attached hydrogens (tertiary/aromatic N) is 1. The van der Waals surface area contributed by atoms with Crippen LogP contribution in [0.2, 0.25) is 0 Å². The molecule has 0 radical (unpaired) electrons. The number of benzene rings is 1. The first-order chi connectivity index (χ1) is 10.2. The van der Waals surface area contributed by atoms with Gasteiger partial charge in [0.05, 0.1) is 17.6 Å². The molecule has 8 heteroatoms. The molecule has 0 aliphatic carbocycles. The molecule has 1 aliphatic rings. The third-order valence-electron chi connectivity index (χ3n) is 3.73. The molecule has 1 heterocycles. The van der Waals surface area contributed by atoms with Gasteiger partial charge in [0.15, 0.2) is 21.4 Å². The summed E-state index contributed by atoms with van der Waals surface area (Å²) in [6, 6.07) is 3.64. The second-order valence-electron chi connectivity index (χ2n) is 5.78. The summed E-state index contributed by atoms with van der Waals surface area (Å²) in [4.78, 5) is 13.6. The van der Waals surface area contributed by atoms with Gasteiger partial charge in [-0.05, 0) is 26.0 Å². The quantitative estimate of drug-likeness (QED) is 0.898. The lowest BCUT2D eigenvalue weighted by atomic mass is 10.2. The minimum absolute atomic E-state index is 0.0790. The van der Waals surface area contributed by atoms with Crippen molar-refractivity contribution in [3.05, 3.63) is 24.0 Å². The van der Waals surface area contributed by atoms with E-state index in [9.17, 15) is 17.6 Å². The second kappa shape index (κ2) is 5.75. The van der Waals surface area contributed by atoms with Crippen molar-refractivity contribution in [2.24, 2.45) is 0 Å². The Morgan fingerprint density at radius 2 is 2.09 bits per heavy atom. The number of rotatable bonds is 2. The predicted molar refractivity (Wildman–Crippen MR) is 81.4 cm³/mol. The molecule has 0 unspecified atom stereocenters. The molecular weight excluding hydrogens is 311 g/mol. The molecule has 6 nitrogen and oxygen atoms in total. The van der Waals surface area contributed by atoms with E-state index in [1.54, 1.807) is 13.8 Å². The van der Waals surface area contributed by atoms with E-state index >= 15 is 0 Å². The predicted octanol–water partition coefficient (Wildman–Crippen LogP) is 1.88. The number of carbonyl (C=O) groups excluding carboxylic acids is 1. The Labute approximate surface area is 129 Å². The van der Waals surface area contributed by atoms with Crippen LogP contribution in [0.4, 0.5) is 14.9 Å². The molecule has 1 aromatic rings. The smallest absolute Gasteiger partial charge is 0.321 e. The van der Waals surface area contributed by atoms with Gasteiger partial charge in [-0.3, -0.25) is 0 Å². The van der Waals surface area contributed by atoms with Crippen molar-refractivity contribution in [3.8, 4) is 5.75 Å². The fourth-order valence-electron chi connectivity index (χ4n) is 2.26. The lowest BCUT2D eigenvalue weighted by Crippen LogP contribution is -2.55. The monoisotopic (exact) mass is 330 g/mol. The van der Waals surface area contributed by atoms with Crippen LogP contribution < -0.4 is 10.1 Å². The van der Waals surface area contributed by atoms with E-state index in [-0.39, 0.29) is 30.3 Å². The number of sulfone groups is 1. The maximum atomic E-state index is 13.6. The first-order valence-electron chi connectivity index (χ1n) is 6.78. The molecule has 122 valence electrons. The van der Waals surface area contributed by atoms with Crippen molar-refractivity contribution in [2.45, 2.75) is 18.6 Å². The molecule has 2 rings (SSSR count). The molecule has 0 aromatic heterocycles. The van der Waals surface area contributed by atoms with Gasteiger partial charge in [-0.2, -0.15) is 0 Å². The molecule has 1 aliphatic heterocycles. The number of ether oxygens (including phenoxy) is 1. The van der Waals surface area contributed by atoms with Crippen LogP contribution in [0.1, 0.15) is 13.8 Å². The zero-order chi connectivity index (χ0) is 16.5. The molecule has 22 heavy (non-hydrogen) atoms. The molecule has 1 aromatic carbocycles. The number of urea groups is 1. The van der Waals surface area contributed by atoms with Gasteiger partial charge in [-0.15, -0.1) is 0 Å². The van der Waals surface area contributed by atoms with Gasteiger partial charge in [0.25, 0.3) is 0 Å². The fraction of sp³-hybridized carbons (Fsp3) is 0.500. The Balaban J connectivity index is 2.09. The fourth-order valence-corrected chi connectivity index (χ4v) is 3.63. The zero-order valence-electron chi connectivity index (χ0n) is 12.7. The number of carbonyl (C=O) groups is 1. The van der Waals surface area contributed by atoms with Gasteiger partial charge in [-0.25, -0.2) is 17.6 Å². The van der Waals surface area contributed by atoms with Crippen LogP contribution in [-0.4, -0.2) is 50.0 Å².